The van der Waals surface area contributed by atoms with Gasteiger partial charge in [0.15, 0.2) is 5.78 Å². The summed E-state index contributed by atoms with van der Waals surface area (Å²) in [5, 5.41) is 9.09. The van der Waals surface area contributed by atoms with Gasteiger partial charge < -0.3 is 9.84 Å². The van der Waals surface area contributed by atoms with Gasteiger partial charge in [-0.15, -0.1) is 0 Å². The van der Waals surface area contributed by atoms with Crippen LogP contribution >= 0.6 is 0 Å². The minimum Gasteiger partial charge on any atom is -0.497 e. The second-order valence-electron chi connectivity index (χ2n) is 6.71. The van der Waals surface area contributed by atoms with E-state index in [0.29, 0.717) is 17.9 Å². The SMILES string of the molecule is COc1ccc(-c2nc(C(=O)C(C)C)cn2-c2ccc(CCO)cc2)cc1. The molecule has 0 amide bonds. The lowest BCUT2D eigenvalue weighted by molar-refractivity contribution is 0.0935. The molecule has 0 aliphatic heterocycles. The third-order valence-electron chi connectivity index (χ3n) is 4.45. The zero-order valence-corrected chi connectivity index (χ0v) is 15.8. The smallest absolute Gasteiger partial charge is 0.185 e. The molecule has 5 heteroatoms. The maximum atomic E-state index is 12.5. The van der Waals surface area contributed by atoms with E-state index in [1.54, 1.807) is 13.3 Å². The van der Waals surface area contributed by atoms with E-state index in [4.69, 9.17) is 9.84 Å². The van der Waals surface area contributed by atoms with Crippen LogP contribution in [0.4, 0.5) is 0 Å². The van der Waals surface area contributed by atoms with Crippen molar-refractivity contribution in [1.29, 1.82) is 0 Å². The number of aliphatic hydroxyl groups is 1. The maximum absolute atomic E-state index is 12.5. The highest BCUT2D eigenvalue weighted by Gasteiger charge is 2.19. The van der Waals surface area contributed by atoms with Crippen LogP contribution in [0.3, 0.4) is 0 Å². The number of ether oxygens (including phenoxy) is 1. The molecule has 27 heavy (non-hydrogen) atoms. The summed E-state index contributed by atoms with van der Waals surface area (Å²) in [4.78, 5) is 17.1. The predicted octanol–water partition coefficient (Wildman–Crippen LogP) is 3.92. The Morgan fingerprint density at radius 3 is 2.33 bits per heavy atom. The summed E-state index contributed by atoms with van der Waals surface area (Å²) in [5.74, 6) is 1.37. The van der Waals surface area contributed by atoms with E-state index in [2.05, 4.69) is 4.98 Å². The van der Waals surface area contributed by atoms with E-state index >= 15 is 0 Å². The quantitative estimate of drug-likeness (QED) is 0.646. The number of hydrogen-bond acceptors (Lipinski definition) is 4. The second-order valence-corrected chi connectivity index (χ2v) is 6.71. The van der Waals surface area contributed by atoms with Crippen molar-refractivity contribution in [2.45, 2.75) is 20.3 Å². The number of methoxy groups -OCH3 is 1. The molecule has 0 saturated heterocycles. The molecule has 0 fully saturated rings. The lowest BCUT2D eigenvalue weighted by atomic mass is 10.1. The maximum Gasteiger partial charge on any atom is 0.185 e. The highest BCUT2D eigenvalue weighted by Crippen LogP contribution is 2.26. The van der Waals surface area contributed by atoms with Crippen LogP contribution in [-0.2, 0) is 6.42 Å². The molecule has 0 atom stereocenters. The number of carbonyl (C=O) groups excluding carboxylic acids is 1. The molecule has 1 N–H and O–H groups in total. The van der Waals surface area contributed by atoms with E-state index in [0.717, 1.165) is 22.6 Å². The summed E-state index contributed by atoms with van der Waals surface area (Å²) in [7, 11) is 1.63. The number of benzene rings is 2. The molecule has 140 valence electrons. The first-order valence-corrected chi connectivity index (χ1v) is 9.01. The van der Waals surface area contributed by atoms with Gasteiger partial charge in [0.2, 0.25) is 0 Å². The van der Waals surface area contributed by atoms with Crippen LogP contribution in [0.1, 0.15) is 29.9 Å². The fourth-order valence-corrected chi connectivity index (χ4v) is 2.89. The van der Waals surface area contributed by atoms with Gasteiger partial charge in [0.05, 0.1) is 7.11 Å². The summed E-state index contributed by atoms with van der Waals surface area (Å²) in [6.07, 6.45) is 2.41. The lowest BCUT2D eigenvalue weighted by Crippen LogP contribution is -2.07. The third kappa shape index (κ3) is 4.09. The van der Waals surface area contributed by atoms with Crippen molar-refractivity contribution in [3.05, 3.63) is 66.0 Å². The molecule has 0 saturated carbocycles. The van der Waals surface area contributed by atoms with Crippen molar-refractivity contribution in [1.82, 2.24) is 9.55 Å². The second kappa shape index (κ2) is 8.18. The molecule has 0 radical (unpaired) electrons. The molecule has 0 aliphatic carbocycles. The van der Waals surface area contributed by atoms with E-state index in [-0.39, 0.29) is 18.3 Å². The topological polar surface area (TPSA) is 64.3 Å². The van der Waals surface area contributed by atoms with Crippen molar-refractivity contribution in [2.75, 3.05) is 13.7 Å². The van der Waals surface area contributed by atoms with E-state index in [1.807, 2.05) is 66.9 Å². The summed E-state index contributed by atoms with van der Waals surface area (Å²) in [5.41, 5.74) is 3.33. The molecule has 0 bridgehead atoms. The Bertz CT molecular complexity index is 910. The van der Waals surface area contributed by atoms with Crippen LogP contribution in [0.5, 0.6) is 5.75 Å². The average Bonchev–Trinajstić information content (AvgIpc) is 3.13. The summed E-state index contributed by atoms with van der Waals surface area (Å²) in [6.45, 7) is 3.87. The summed E-state index contributed by atoms with van der Waals surface area (Å²) < 4.78 is 7.16. The Kier molecular flexibility index (Phi) is 5.72. The van der Waals surface area contributed by atoms with Crippen molar-refractivity contribution in [3.63, 3.8) is 0 Å². The fourth-order valence-electron chi connectivity index (χ4n) is 2.89. The number of Topliss-reactive ketones (excluding diaryl/α,β-unsaturated/α-hetero) is 1. The summed E-state index contributed by atoms with van der Waals surface area (Å²) >= 11 is 0. The zero-order valence-electron chi connectivity index (χ0n) is 15.8. The van der Waals surface area contributed by atoms with Crippen LogP contribution in [0.25, 0.3) is 17.1 Å². The van der Waals surface area contributed by atoms with E-state index in [9.17, 15) is 4.79 Å². The number of rotatable bonds is 7. The molecule has 3 rings (SSSR count). The van der Waals surface area contributed by atoms with Crippen molar-refractivity contribution < 1.29 is 14.6 Å². The van der Waals surface area contributed by atoms with Gasteiger partial charge in [-0.25, -0.2) is 4.98 Å². The number of carbonyl (C=O) groups is 1. The summed E-state index contributed by atoms with van der Waals surface area (Å²) in [6, 6.07) is 15.5. The molecule has 0 spiro atoms. The van der Waals surface area contributed by atoms with Crippen molar-refractivity contribution in [2.24, 2.45) is 5.92 Å². The predicted molar refractivity (Wildman–Crippen MR) is 106 cm³/mol. The standard InChI is InChI=1S/C22H24N2O3/c1-15(2)21(26)20-14-24(18-8-4-16(5-9-18)12-13-25)22(23-20)17-6-10-19(27-3)11-7-17/h4-11,14-15,25H,12-13H2,1-3H3. The number of aromatic nitrogens is 2. The largest absolute Gasteiger partial charge is 0.497 e. The number of hydrogen-bond donors (Lipinski definition) is 1. The van der Waals surface area contributed by atoms with Gasteiger partial charge >= 0.3 is 0 Å². The molecule has 0 aliphatic rings. The van der Waals surface area contributed by atoms with Crippen LogP contribution in [0.15, 0.2) is 54.7 Å². The van der Waals surface area contributed by atoms with Crippen LogP contribution in [0, 0.1) is 5.92 Å². The molecule has 2 aromatic carbocycles. The molecule has 5 nitrogen and oxygen atoms in total. The lowest BCUT2D eigenvalue weighted by Gasteiger charge is -2.09. The molecule has 1 aromatic heterocycles. The van der Waals surface area contributed by atoms with Gasteiger partial charge in [0.25, 0.3) is 0 Å². The van der Waals surface area contributed by atoms with Crippen LogP contribution < -0.4 is 4.74 Å². The zero-order chi connectivity index (χ0) is 19.4. The molecule has 0 unspecified atom stereocenters. The Morgan fingerprint density at radius 2 is 1.78 bits per heavy atom. The van der Waals surface area contributed by atoms with Gasteiger partial charge in [-0.3, -0.25) is 9.36 Å². The number of ketones is 1. The fraction of sp³-hybridized carbons (Fsp3) is 0.273. The highest BCUT2D eigenvalue weighted by atomic mass is 16.5. The number of aliphatic hydroxyl groups excluding tert-OH is 1. The van der Waals surface area contributed by atoms with E-state index in [1.165, 1.54) is 0 Å². The van der Waals surface area contributed by atoms with Crippen LogP contribution in [-0.4, -0.2) is 34.2 Å². The van der Waals surface area contributed by atoms with Crippen LogP contribution in [0.2, 0.25) is 0 Å². The van der Waals surface area contributed by atoms with Crippen molar-refractivity contribution in [3.8, 4) is 22.8 Å². The highest BCUT2D eigenvalue weighted by molar-refractivity contribution is 5.96. The first kappa shape index (κ1) is 18.9. The van der Waals surface area contributed by atoms with Gasteiger partial charge in [-0.2, -0.15) is 0 Å². The molecular weight excluding hydrogens is 340 g/mol. The van der Waals surface area contributed by atoms with Crippen molar-refractivity contribution >= 4 is 5.78 Å². The third-order valence-corrected chi connectivity index (χ3v) is 4.45. The number of nitrogens with zero attached hydrogens (tertiary/aromatic N) is 2. The van der Waals surface area contributed by atoms with E-state index < -0.39 is 0 Å². The van der Waals surface area contributed by atoms with Gasteiger partial charge in [-0.1, -0.05) is 26.0 Å². The molecule has 3 aromatic rings. The Balaban J connectivity index is 2.08. The first-order chi connectivity index (χ1) is 13.0. The van der Waals surface area contributed by atoms with Gasteiger partial charge in [0.1, 0.15) is 17.3 Å². The Hall–Kier alpha value is -2.92. The minimum atomic E-state index is -0.121. The Labute approximate surface area is 159 Å². The Morgan fingerprint density at radius 1 is 1.11 bits per heavy atom. The molecular formula is C22H24N2O3. The number of imidazole rings is 1. The molecule has 1 heterocycles. The minimum absolute atomic E-state index is 0.0143. The average molecular weight is 364 g/mol. The monoisotopic (exact) mass is 364 g/mol. The first-order valence-electron chi connectivity index (χ1n) is 9.01. The van der Waals surface area contributed by atoms with Gasteiger partial charge in [0, 0.05) is 30.0 Å². The van der Waals surface area contributed by atoms with Gasteiger partial charge in [-0.05, 0) is 48.4 Å². The normalized spacial score (nSPS) is 11.0.